The van der Waals surface area contributed by atoms with Crippen LogP contribution in [0.4, 0.5) is 32.6 Å². The van der Waals surface area contributed by atoms with Gasteiger partial charge in [-0.2, -0.15) is 8.78 Å². The molecule has 2 atom stereocenters. The van der Waals surface area contributed by atoms with Crippen LogP contribution >= 0.6 is 0 Å². The van der Waals surface area contributed by atoms with Crippen LogP contribution in [0.3, 0.4) is 0 Å². The van der Waals surface area contributed by atoms with Crippen LogP contribution in [0.2, 0.25) is 0 Å². The van der Waals surface area contributed by atoms with Crippen LogP contribution in [0.15, 0.2) is 47.7 Å². The Labute approximate surface area is 247 Å². The van der Waals surface area contributed by atoms with Crippen molar-refractivity contribution in [1.82, 2.24) is 20.2 Å². The number of nitrogens with two attached hydrogens (primary N) is 1. The average molecular weight is 617 g/mol. The Morgan fingerprint density at radius 2 is 1.82 bits per heavy atom. The van der Waals surface area contributed by atoms with Crippen molar-refractivity contribution in [3.8, 4) is 11.5 Å². The molecule has 0 saturated carbocycles. The van der Waals surface area contributed by atoms with Gasteiger partial charge in [-0.1, -0.05) is 6.08 Å². The molecule has 0 bridgehead atoms. The van der Waals surface area contributed by atoms with Crippen LogP contribution in [0.1, 0.15) is 35.6 Å². The summed E-state index contributed by atoms with van der Waals surface area (Å²) in [5.74, 6) is -11.0. The predicted octanol–water partition coefficient (Wildman–Crippen LogP) is 4.54. The summed E-state index contributed by atoms with van der Waals surface area (Å²) in [6.45, 7) is 1.13. The molecule has 4 N–H and O–H groups in total. The number of urea groups is 1. The van der Waals surface area contributed by atoms with Crippen molar-refractivity contribution in [1.29, 1.82) is 0 Å². The van der Waals surface area contributed by atoms with Crippen molar-refractivity contribution < 1.29 is 41.4 Å². The standard InChI is InChI=1S/C29H25F5N6O4/c30-18-10-15(44-27-23(33)19(31)11-20(32)24(27)34)3-4-17(18)26-22-25(38-13-39-28(22)35)16(5-8-36-26)14-6-9-40(12-14)29(43)37-7-1-2-21(41)42/h1-4,10-11,13-14,16H,5-9,12H2,(H,37,43)(H,41,42)(H2,35,38,39)/b2-1+/t14?,16-/m0/s1. The molecule has 1 fully saturated rings. The number of aliphatic carboxylic acids is 1. The second-order valence-electron chi connectivity index (χ2n) is 10.1. The fourth-order valence-corrected chi connectivity index (χ4v) is 5.38. The smallest absolute Gasteiger partial charge is 0.328 e. The molecule has 3 aromatic rings. The van der Waals surface area contributed by atoms with Crippen LogP contribution in [-0.4, -0.2) is 63.9 Å². The zero-order valence-corrected chi connectivity index (χ0v) is 22.9. The molecule has 2 aliphatic rings. The molecule has 44 heavy (non-hydrogen) atoms. The molecule has 2 aliphatic heterocycles. The Kier molecular flexibility index (Phi) is 8.73. The SMILES string of the molecule is Nc1ncnc2c1C(c1ccc(Oc3c(F)c(F)cc(F)c3F)cc1F)=NCC[C@H]2C1CCN(C(=O)NC/C=C/C(=O)O)C1. The van der Waals surface area contributed by atoms with E-state index in [4.69, 9.17) is 15.6 Å². The number of likely N-dealkylation sites (tertiary alicyclic amines) is 1. The van der Waals surface area contributed by atoms with Gasteiger partial charge in [-0.3, -0.25) is 4.99 Å². The Balaban J connectivity index is 1.38. The van der Waals surface area contributed by atoms with Crippen molar-refractivity contribution >= 4 is 23.5 Å². The molecule has 230 valence electrons. The summed E-state index contributed by atoms with van der Waals surface area (Å²) < 4.78 is 75.8. The number of carbonyl (C=O) groups excluding carboxylic acids is 1. The number of carboxylic acids is 1. The number of anilines is 1. The van der Waals surface area contributed by atoms with E-state index in [0.29, 0.717) is 37.2 Å². The van der Waals surface area contributed by atoms with Gasteiger partial charge in [-0.05, 0) is 30.9 Å². The summed E-state index contributed by atoms with van der Waals surface area (Å²) in [6.07, 6.45) is 4.68. The monoisotopic (exact) mass is 616 g/mol. The van der Waals surface area contributed by atoms with E-state index in [2.05, 4.69) is 20.3 Å². The first-order valence-corrected chi connectivity index (χ1v) is 13.4. The first-order valence-electron chi connectivity index (χ1n) is 13.4. The lowest BCUT2D eigenvalue weighted by Crippen LogP contribution is -2.39. The summed E-state index contributed by atoms with van der Waals surface area (Å²) in [5.41, 5.74) is 7.16. The first-order chi connectivity index (χ1) is 21.0. The van der Waals surface area contributed by atoms with Crippen molar-refractivity contribution in [3.05, 3.63) is 88.7 Å². The van der Waals surface area contributed by atoms with Gasteiger partial charge in [-0.25, -0.2) is 32.7 Å². The number of aliphatic imine (C=N–C) groups is 1. The van der Waals surface area contributed by atoms with Gasteiger partial charge in [0.25, 0.3) is 0 Å². The molecule has 3 heterocycles. The molecule has 1 aromatic heterocycles. The summed E-state index contributed by atoms with van der Waals surface area (Å²) in [4.78, 5) is 37.9. The lowest BCUT2D eigenvalue weighted by molar-refractivity contribution is -0.131. The van der Waals surface area contributed by atoms with Crippen LogP contribution in [-0.2, 0) is 4.79 Å². The fraction of sp³-hybridized carbons (Fsp3) is 0.276. The first kappa shape index (κ1) is 30.4. The average Bonchev–Trinajstić information content (AvgIpc) is 3.39. The molecule has 2 aromatic carbocycles. The molecule has 1 saturated heterocycles. The van der Waals surface area contributed by atoms with Crippen molar-refractivity contribution in [2.75, 3.05) is 31.9 Å². The number of aromatic nitrogens is 2. The Hall–Kier alpha value is -5.08. The van der Waals surface area contributed by atoms with Crippen molar-refractivity contribution in [2.24, 2.45) is 10.9 Å². The van der Waals surface area contributed by atoms with Crippen LogP contribution in [0.25, 0.3) is 0 Å². The van der Waals surface area contributed by atoms with Gasteiger partial charge in [-0.15, -0.1) is 0 Å². The molecular weight excluding hydrogens is 591 g/mol. The third-order valence-corrected chi connectivity index (χ3v) is 7.40. The highest BCUT2D eigenvalue weighted by molar-refractivity contribution is 6.16. The maximum absolute atomic E-state index is 15.5. The van der Waals surface area contributed by atoms with E-state index in [-0.39, 0.29) is 54.1 Å². The number of nitrogens with zero attached hydrogens (tertiary/aromatic N) is 4. The Morgan fingerprint density at radius 1 is 1.07 bits per heavy atom. The normalized spacial score (nSPS) is 18.1. The van der Waals surface area contributed by atoms with E-state index < -0.39 is 46.6 Å². The zero-order valence-electron chi connectivity index (χ0n) is 22.9. The number of ether oxygens (including phenoxy) is 1. The molecule has 10 nitrogen and oxygen atoms in total. The summed E-state index contributed by atoms with van der Waals surface area (Å²) in [7, 11) is 0. The number of nitrogen functional groups attached to an aromatic ring is 1. The fourth-order valence-electron chi connectivity index (χ4n) is 5.38. The highest BCUT2D eigenvalue weighted by Gasteiger charge is 2.37. The minimum atomic E-state index is -1.77. The molecular formula is C29H25F5N6O4. The number of halogens is 5. The second kappa shape index (κ2) is 12.7. The second-order valence-corrected chi connectivity index (χ2v) is 10.1. The highest BCUT2D eigenvalue weighted by Crippen LogP contribution is 2.39. The maximum atomic E-state index is 15.5. The van der Waals surface area contributed by atoms with Crippen molar-refractivity contribution in [3.63, 3.8) is 0 Å². The number of rotatable bonds is 7. The number of hydrogen-bond donors (Lipinski definition) is 3. The minimum absolute atomic E-state index is 0.0309. The predicted molar refractivity (Wildman–Crippen MR) is 147 cm³/mol. The van der Waals surface area contributed by atoms with Crippen LogP contribution in [0, 0.1) is 35.0 Å². The zero-order chi connectivity index (χ0) is 31.5. The molecule has 0 spiro atoms. The van der Waals surface area contributed by atoms with E-state index in [0.717, 1.165) is 18.2 Å². The molecule has 1 unspecified atom stereocenters. The quantitative estimate of drug-likeness (QED) is 0.201. The lowest BCUT2D eigenvalue weighted by Gasteiger charge is -2.24. The van der Waals surface area contributed by atoms with E-state index in [1.165, 1.54) is 18.5 Å². The summed E-state index contributed by atoms with van der Waals surface area (Å²) >= 11 is 0. The molecule has 0 radical (unpaired) electrons. The van der Waals surface area contributed by atoms with E-state index >= 15 is 4.39 Å². The number of nitrogens with one attached hydrogen (secondary N) is 1. The number of benzene rings is 2. The number of carbonyl (C=O) groups is 2. The number of hydrogen-bond acceptors (Lipinski definition) is 7. The Bertz CT molecular complexity index is 1660. The van der Waals surface area contributed by atoms with Crippen LogP contribution < -0.4 is 15.8 Å². The minimum Gasteiger partial charge on any atom is -0.478 e. The van der Waals surface area contributed by atoms with Gasteiger partial charge in [0.15, 0.2) is 11.6 Å². The van der Waals surface area contributed by atoms with Gasteiger partial charge < -0.3 is 25.8 Å². The number of amides is 2. The van der Waals surface area contributed by atoms with E-state index in [9.17, 15) is 27.2 Å². The van der Waals surface area contributed by atoms with E-state index in [1.807, 2.05) is 0 Å². The third-order valence-electron chi connectivity index (χ3n) is 7.40. The van der Waals surface area contributed by atoms with Gasteiger partial charge in [0, 0.05) is 55.9 Å². The summed E-state index contributed by atoms with van der Waals surface area (Å²) in [5, 5.41) is 11.3. The molecule has 0 aliphatic carbocycles. The molecule has 15 heteroatoms. The number of carboxylic acid groups (broad SMARTS) is 1. The largest absolute Gasteiger partial charge is 0.478 e. The van der Waals surface area contributed by atoms with Gasteiger partial charge in [0.2, 0.25) is 17.4 Å². The topological polar surface area (TPSA) is 143 Å². The third kappa shape index (κ3) is 6.16. The lowest BCUT2D eigenvalue weighted by atomic mass is 9.83. The molecule has 5 rings (SSSR count). The van der Waals surface area contributed by atoms with E-state index in [1.54, 1.807) is 4.90 Å². The van der Waals surface area contributed by atoms with Gasteiger partial charge in [0.1, 0.15) is 23.7 Å². The highest BCUT2D eigenvalue weighted by atomic mass is 19.2. The van der Waals surface area contributed by atoms with Crippen molar-refractivity contribution in [2.45, 2.75) is 18.8 Å². The van der Waals surface area contributed by atoms with Crippen LogP contribution in [0.5, 0.6) is 11.5 Å². The Morgan fingerprint density at radius 3 is 2.52 bits per heavy atom. The molecule has 2 amide bonds. The summed E-state index contributed by atoms with van der Waals surface area (Å²) in [6, 6.07) is 2.86. The van der Waals surface area contributed by atoms with Gasteiger partial charge in [0.05, 0.1) is 17.0 Å². The maximum Gasteiger partial charge on any atom is 0.328 e. The van der Waals surface area contributed by atoms with Gasteiger partial charge >= 0.3 is 12.0 Å². The number of fused-ring (bicyclic) bond motifs is 1.